The highest BCUT2D eigenvalue weighted by molar-refractivity contribution is 5.89. The van der Waals surface area contributed by atoms with Gasteiger partial charge >= 0.3 is 12.0 Å². The summed E-state index contributed by atoms with van der Waals surface area (Å²) in [4.78, 5) is 29.5. The average Bonchev–Trinajstić information content (AvgIpc) is 3.27. The lowest BCUT2D eigenvalue weighted by atomic mass is 9.75. The van der Waals surface area contributed by atoms with E-state index in [-0.39, 0.29) is 38.1 Å². The van der Waals surface area contributed by atoms with Crippen molar-refractivity contribution in [3.05, 3.63) is 24.3 Å². The van der Waals surface area contributed by atoms with E-state index in [1.54, 1.807) is 86.9 Å². The van der Waals surface area contributed by atoms with Gasteiger partial charge in [-0.1, -0.05) is 27.7 Å². The zero-order valence-corrected chi connectivity index (χ0v) is 41.9. The van der Waals surface area contributed by atoms with E-state index in [2.05, 4.69) is 16.0 Å². The summed E-state index contributed by atoms with van der Waals surface area (Å²) >= 11 is 0. The monoisotopic (exact) mass is 941 g/mol. The molecular weight excluding hydrogens is 857 g/mol. The number of amides is 2. The number of hydrogen-bond donors (Lipinski definition) is 8. The van der Waals surface area contributed by atoms with Crippen molar-refractivity contribution in [2.24, 2.45) is 17.8 Å². The Hall–Kier alpha value is -2.72. The number of carbonyl (C=O) groups is 2. The second-order valence-corrected chi connectivity index (χ2v) is 20.0. The first-order chi connectivity index (χ1) is 30.8. The summed E-state index contributed by atoms with van der Waals surface area (Å²) in [6.07, 6.45) is -8.52. The molecule has 3 aliphatic rings. The number of cyclic esters (lactones) is 1. The molecule has 18 nitrogen and oxygen atoms in total. The Morgan fingerprint density at radius 3 is 2.20 bits per heavy atom. The van der Waals surface area contributed by atoms with Crippen LogP contribution < -0.4 is 20.7 Å². The molecule has 18 heteroatoms. The third-order valence-corrected chi connectivity index (χ3v) is 14.5. The highest BCUT2D eigenvalue weighted by atomic mass is 16.7. The molecule has 4 rings (SSSR count). The molecule has 3 saturated heterocycles. The van der Waals surface area contributed by atoms with Crippen LogP contribution >= 0.6 is 0 Å². The number of ether oxygens (including phenoxy) is 7. The number of aliphatic hydroxyl groups excluding tert-OH is 2. The maximum Gasteiger partial charge on any atom is 0.321 e. The first kappa shape index (κ1) is 55.9. The van der Waals surface area contributed by atoms with Crippen LogP contribution in [0.5, 0.6) is 5.75 Å². The van der Waals surface area contributed by atoms with E-state index < -0.39 is 114 Å². The number of esters is 1. The molecule has 1 aromatic rings. The van der Waals surface area contributed by atoms with Gasteiger partial charge in [0, 0.05) is 44.8 Å². The Labute approximate surface area is 392 Å². The largest absolute Gasteiger partial charge is 0.497 e. The maximum absolute atomic E-state index is 14.5. The van der Waals surface area contributed by atoms with Crippen LogP contribution in [0.3, 0.4) is 0 Å². The predicted octanol–water partition coefficient (Wildman–Crippen LogP) is 3.54. The van der Waals surface area contributed by atoms with Crippen molar-refractivity contribution >= 4 is 17.7 Å². The summed E-state index contributed by atoms with van der Waals surface area (Å²) in [5, 5.41) is 69.6. The zero-order chi connectivity index (χ0) is 49.5. The number of benzene rings is 1. The summed E-state index contributed by atoms with van der Waals surface area (Å²) < 4.78 is 43.8. The molecule has 3 aliphatic heterocycles. The molecule has 3 fully saturated rings. The number of hydrogen-bond acceptors (Lipinski definition) is 16. The van der Waals surface area contributed by atoms with Gasteiger partial charge in [-0.15, -0.1) is 0 Å². The molecule has 0 aromatic heterocycles. The Morgan fingerprint density at radius 1 is 0.955 bits per heavy atom. The van der Waals surface area contributed by atoms with E-state index in [1.807, 2.05) is 20.8 Å². The molecule has 66 heavy (non-hydrogen) atoms. The lowest BCUT2D eigenvalue weighted by molar-refractivity contribution is -0.336. The third-order valence-electron chi connectivity index (χ3n) is 14.5. The van der Waals surface area contributed by atoms with Crippen LogP contribution in [0.2, 0.25) is 0 Å². The van der Waals surface area contributed by atoms with Crippen molar-refractivity contribution in [3.63, 3.8) is 0 Å². The normalized spacial score (nSPS) is 42.1. The maximum atomic E-state index is 14.5. The lowest BCUT2D eigenvalue weighted by Gasteiger charge is -2.53. The van der Waals surface area contributed by atoms with Gasteiger partial charge in [0.25, 0.3) is 0 Å². The van der Waals surface area contributed by atoms with Crippen molar-refractivity contribution in [3.8, 4) is 5.75 Å². The van der Waals surface area contributed by atoms with Gasteiger partial charge in [0.15, 0.2) is 12.6 Å². The number of nitrogens with zero attached hydrogens (tertiary/aromatic N) is 1. The molecular formula is C48H84N4O14. The van der Waals surface area contributed by atoms with E-state index >= 15 is 0 Å². The van der Waals surface area contributed by atoms with E-state index in [9.17, 15) is 35.1 Å². The number of anilines is 1. The second kappa shape index (κ2) is 23.3. The molecule has 18 atom stereocenters. The molecule has 3 heterocycles. The van der Waals surface area contributed by atoms with Crippen LogP contribution in [0, 0.1) is 17.8 Å². The van der Waals surface area contributed by atoms with Gasteiger partial charge < -0.3 is 79.5 Å². The fraction of sp³-hybridized carbons (Fsp3) is 0.833. The number of likely N-dealkylation sites (N-methyl/N-ethyl adjacent to an activating group) is 1. The highest BCUT2D eigenvalue weighted by Gasteiger charge is 2.58. The van der Waals surface area contributed by atoms with Crippen LogP contribution in [0.4, 0.5) is 10.5 Å². The molecule has 0 radical (unpaired) electrons. The summed E-state index contributed by atoms with van der Waals surface area (Å²) in [5.41, 5.74) is -5.71. The van der Waals surface area contributed by atoms with Crippen LogP contribution in [-0.2, 0) is 33.2 Å². The summed E-state index contributed by atoms with van der Waals surface area (Å²) in [6.45, 7) is 20.4. The molecule has 1 aromatic carbocycles. The summed E-state index contributed by atoms with van der Waals surface area (Å²) in [6, 6.07) is 4.94. The van der Waals surface area contributed by atoms with Crippen molar-refractivity contribution < 1.29 is 68.3 Å². The molecule has 380 valence electrons. The Bertz CT molecular complexity index is 1690. The second-order valence-electron chi connectivity index (χ2n) is 20.0. The molecule has 0 unspecified atom stereocenters. The van der Waals surface area contributed by atoms with Crippen molar-refractivity contribution in [1.82, 2.24) is 15.5 Å². The van der Waals surface area contributed by atoms with Crippen molar-refractivity contribution in [2.75, 3.05) is 46.2 Å². The van der Waals surface area contributed by atoms with Crippen molar-refractivity contribution in [1.29, 1.82) is 0 Å². The lowest BCUT2D eigenvalue weighted by Crippen LogP contribution is -2.70. The number of carbonyl (C=O) groups excluding carboxylic acids is 2. The molecule has 0 saturated carbocycles. The van der Waals surface area contributed by atoms with E-state index in [0.717, 1.165) is 6.42 Å². The van der Waals surface area contributed by atoms with Gasteiger partial charge in [-0.2, -0.15) is 0 Å². The summed E-state index contributed by atoms with van der Waals surface area (Å²) in [5.74, 6) is -2.38. The molecule has 8 N–H and O–H groups in total. The first-order valence-corrected chi connectivity index (χ1v) is 23.8. The van der Waals surface area contributed by atoms with Gasteiger partial charge in [0.05, 0.1) is 49.1 Å². The third kappa shape index (κ3) is 12.7. The minimum absolute atomic E-state index is 0.0404. The summed E-state index contributed by atoms with van der Waals surface area (Å²) in [7, 11) is 4.64. The van der Waals surface area contributed by atoms with Crippen LogP contribution in [0.15, 0.2) is 24.3 Å². The smallest absolute Gasteiger partial charge is 0.321 e. The number of aliphatic hydroxyl groups is 5. The standard InChI is InChI=1S/C48H84N4O14/c1-15-21-49-26-48(59)32(8)63-37(24-46(48,10)61-14)65-39-29(5)41(45(9,57)23-27(3)25-50-31(7)40(54)47(11,58)36(16-2)64-42(55)30(39)6)66-43-38(53)35(22-28(4)62-43)52(12)44(56)51-33-17-19-34(60-13)20-18-33/h17-20,27-32,35-41,43,49-50,53-54,57-59H,15-16,21-26H2,1-14H3,(H,51,56)/t27-,28-,29+,30-,31-,32+,35+,36-,37+,38-,39+,40-,41-,43+,45-,46-,47-,48+/m1/s1. The number of methoxy groups -OCH3 is 2. The number of urea groups is 1. The van der Waals surface area contributed by atoms with Crippen LogP contribution in [0.25, 0.3) is 0 Å². The highest BCUT2D eigenvalue weighted by Crippen LogP contribution is 2.43. The molecule has 0 aliphatic carbocycles. The van der Waals surface area contributed by atoms with Gasteiger partial charge in [-0.25, -0.2) is 4.79 Å². The van der Waals surface area contributed by atoms with E-state index in [4.69, 9.17) is 33.2 Å². The molecule has 0 spiro atoms. The van der Waals surface area contributed by atoms with Gasteiger partial charge in [0.1, 0.15) is 40.9 Å². The molecule has 0 bridgehead atoms. The zero-order valence-electron chi connectivity index (χ0n) is 41.9. The van der Waals surface area contributed by atoms with Crippen molar-refractivity contribution in [2.45, 2.75) is 198 Å². The van der Waals surface area contributed by atoms with Crippen LogP contribution in [0.1, 0.15) is 108 Å². The number of rotatable bonds is 13. The molecule has 2 amide bonds. The van der Waals surface area contributed by atoms with Crippen LogP contribution in [-0.4, -0.2) is 173 Å². The Kier molecular flexibility index (Phi) is 19.7. The number of nitrogens with one attached hydrogen (secondary N) is 3. The fourth-order valence-corrected chi connectivity index (χ4v) is 10.1. The van der Waals surface area contributed by atoms with E-state index in [1.165, 1.54) is 18.9 Å². The van der Waals surface area contributed by atoms with Gasteiger partial charge in [-0.3, -0.25) is 4.79 Å². The predicted molar refractivity (Wildman–Crippen MR) is 248 cm³/mol. The topological polar surface area (TPSA) is 239 Å². The first-order valence-electron chi connectivity index (χ1n) is 23.8. The van der Waals surface area contributed by atoms with E-state index in [0.29, 0.717) is 24.5 Å². The van der Waals surface area contributed by atoms with Gasteiger partial charge in [0.2, 0.25) is 0 Å². The minimum Gasteiger partial charge on any atom is -0.497 e. The SMILES string of the molecule is CCCNC[C@]1(O)[C@H](C)O[C@@H](O[C@H]2[C@H](C)[C@@H](O[C@@H]3O[C@H](C)C[C@H](N(C)C(=O)Nc4ccc(OC)cc4)[C@H]3O)[C@](C)(O)C[C@@H](C)CN[C@H](C)[C@@H](O)[C@](C)(O)[C@@H](CC)OC(=O)[C@@H]2C)C[C@@]1(C)OC. The quantitative estimate of drug-likeness (QED) is 0.104. The average molecular weight is 941 g/mol. The Balaban J connectivity index is 1.78. The fourth-order valence-electron chi connectivity index (χ4n) is 10.1. The Morgan fingerprint density at radius 2 is 1.61 bits per heavy atom. The minimum atomic E-state index is -1.86. The van der Waals surface area contributed by atoms with Gasteiger partial charge in [-0.05, 0) is 117 Å².